The molecule has 0 amide bonds. The first-order chi connectivity index (χ1) is 9.33. The number of anilines is 1. The predicted octanol–water partition coefficient (Wildman–Crippen LogP) is 4.38. The Morgan fingerprint density at radius 3 is 2.70 bits per heavy atom. The van der Waals surface area contributed by atoms with E-state index in [1.165, 1.54) is 4.88 Å². The fourth-order valence-corrected chi connectivity index (χ4v) is 3.58. The van der Waals surface area contributed by atoms with E-state index in [0.29, 0.717) is 0 Å². The van der Waals surface area contributed by atoms with E-state index >= 15 is 0 Å². The monoisotopic (exact) mass is 329 g/mol. The molecule has 2 heterocycles. The number of halogens is 1. The van der Waals surface area contributed by atoms with E-state index < -0.39 is 0 Å². The van der Waals surface area contributed by atoms with Gasteiger partial charge in [0.2, 0.25) is 0 Å². The summed E-state index contributed by atoms with van der Waals surface area (Å²) in [6.45, 7) is 8.13. The van der Waals surface area contributed by atoms with Crippen LogP contribution in [0, 0.1) is 0 Å². The average Bonchev–Trinajstić information content (AvgIpc) is 2.95. The highest BCUT2D eigenvalue weighted by molar-refractivity contribution is 7.16. The van der Waals surface area contributed by atoms with Gasteiger partial charge in [-0.1, -0.05) is 11.6 Å². The van der Waals surface area contributed by atoms with E-state index in [1.807, 2.05) is 6.07 Å². The third kappa shape index (κ3) is 4.74. The number of hydrogen-bond acceptors (Lipinski definition) is 5. The lowest BCUT2D eigenvalue weighted by molar-refractivity contribution is 0.422. The summed E-state index contributed by atoms with van der Waals surface area (Å²) in [4.78, 5) is 8.08. The van der Waals surface area contributed by atoms with Crippen LogP contribution in [0.4, 0.5) is 5.13 Å². The first kappa shape index (κ1) is 15.8. The highest BCUT2D eigenvalue weighted by Gasteiger charge is 2.12. The summed E-state index contributed by atoms with van der Waals surface area (Å²) in [5.41, 5.74) is 1.21. The summed E-state index contributed by atoms with van der Waals surface area (Å²) in [5.74, 6) is 0. The van der Waals surface area contributed by atoms with Crippen molar-refractivity contribution >= 4 is 39.4 Å². The Kier molecular flexibility index (Phi) is 5.07. The molecule has 110 valence electrons. The number of thiophene rings is 1. The molecule has 6 heteroatoms. The van der Waals surface area contributed by atoms with Crippen molar-refractivity contribution in [3.63, 3.8) is 0 Å². The van der Waals surface area contributed by atoms with E-state index in [4.69, 9.17) is 11.6 Å². The van der Waals surface area contributed by atoms with E-state index in [-0.39, 0.29) is 5.54 Å². The second kappa shape index (κ2) is 6.43. The minimum absolute atomic E-state index is 0.114. The average molecular weight is 330 g/mol. The molecular formula is C14H20ClN3S2. The predicted molar refractivity (Wildman–Crippen MR) is 90.1 cm³/mol. The van der Waals surface area contributed by atoms with Gasteiger partial charge in [-0.15, -0.1) is 22.7 Å². The number of nitrogens with one attached hydrogen (secondary N) is 1. The number of rotatable bonds is 5. The maximum absolute atomic E-state index is 5.96. The molecule has 0 aliphatic heterocycles. The van der Waals surface area contributed by atoms with Crippen molar-refractivity contribution in [2.24, 2.45) is 0 Å². The van der Waals surface area contributed by atoms with Crippen molar-refractivity contribution in [3.8, 4) is 0 Å². The van der Waals surface area contributed by atoms with Crippen LogP contribution in [-0.4, -0.2) is 17.6 Å². The molecule has 0 spiro atoms. The molecule has 0 bridgehead atoms. The summed E-state index contributed by atoms with van der Waals surface area (Å²) in [6, 6.07) is 4.01. The first-order valence-corrected chi connectivity index (χ1v) is 8.56. The van der Waals surface area contributed by atoms with Crippen LogP contribution in [-0.2, 0) is 13.1 Å². The van der Waals surface area contributed by atoms with Gasteiger partial charge in [0, 0.05) is 29.4 Å². The van der Waals surface area contributed by atoms with Crippen molar-refractivity contribution in [3.05, 3.63) is 32.4 Å². The van der Waals surface area contributed by atoms with Crippen molar-refractivity contribution in [1.82, 2.24) is 10.3 Å². The van der Waals surface area contributed by atoms with Crippen LogP contribution in [0.25, 0.3) is 0 Å². The van der Waals surface area contributed by atoms with Crippen molar-refractivity contribution in [2.75, 3.05) is 11.9 Å². The summed E-state index contributed by atoms with van der Waals surface area (Å²) in [6.07, 6.45) is 0. The smallest absolute Gasteiger partial charge is 0.185 e. The number of hydrogen-bond donors (Lipinski definition) is 1. The zero-order valence-corrected chi connectivity index (χ0v) is 14.6. The van der Waals surface area contributed by atoms with E-state index in [1.54, 1.807) is 22.7 Å². The second-order valence-corrected chi connectivity index (χ2v) is 8.42. The molecule has 2 aromatic heterocycles. The normalized spacial score (nSPS) is 11.8. The van der Waals surface area contributed by atoms with Crippen molar-refractivity contribution < 1.29 is 0 Å². The molecule has 0 aliphatic carbocycles. The SMILES string of the molecule is CN(Cc1ccc(Cl)s1)c1nc(CNC(C)(C)C)cs1. The minimum atomic E-state index is 0.114. The molecule has 20 heavy (non-hydrogen) atoms. The standard InChI is InChI=1S/C14H20ClN3S2/c1-14(2,3)16-7-10-9-19-13(17-10)18(4)8-11-5-6-12(15)20-11/h5-6,9,16H,7-8H2,1-4H3. The molecule has 0 unspecified atom stereocenters. The van der Waals surface area contributed by atoms with Gasteiger partial charge < -0.3 is 10.2 Å². The van der Waals surface area contributed by atoms with Gasteiger partial charge in [0.05, 0.1) is 16.6 Å². The lowest BCUT2D eigenvalue weighted by atomic mass is 10.1. The highest BCUT2D eigenvalue weighted by atomic mass is 35.5. The third-order valence-electron chi connectivity index (χ3n) is 2.69. The third-order valence-corrected chi connectivity index (χ3v) is 4.91. The van der Waals surface area contributed by atoms with Crippen LogP contribution in [0.15, 0.2) is 17.5 Å². The molecule has 0 aromatic carbocycles. The zero-order chi connectivity index (χ0) is 14.8. The van der Waals surface area contributed by atoms with Crippen LogP contribution < -0.4 is 10.2 Å². The lowest BCUT2D eigenvalue weighted by Gasteiger charge is -2.19. The minimum Gasteiger partial charge on any atom is -0.346 e. The topological polar surface area (TPSA) is 28.2 Å². The van der Waals surface area contributed by atoms with E-state index in [0.717, 1.165) is 28.3 Å². The molecule has 0 radical (unpaired) electrons. The molecule has 2 aromatic rings. The largest absolute Gasteiger partial charge is 0.346 e. The van der Waals surface area contributed by atoms with Gasteiger partial charge in [0.1, 0.15) is 0 Å². The lowest BCUT2D eigenvalue weighted by Crippen LogP contribution is -2.35. The van der Waals surface area contributed by atoms with Gasteiger partial charge >= 0.3 is 0 Å². The Hall–Kier alpha value is -0.620. The van der Waals surface area contributed by atoms with Gasteiger partial charge in [-0.05, 0) is 32.9 Å². The number of aromatic nitrogens is 1. The van der Waals surface area contributed by atoms with Gasteiger partial charge in [-0.2, -0.15) is 0 Å². The summed E-state index contributed by atoms with van der Waals surface area (Å²) in [7, 11) is 2.06. The van der Waals surface area contributed by atoms with Gasteiger partial charge in [0.25, 0.3) is 0 Å². The number of nitrogens with zero attached hydrogens (tertiary/aromatic N) is 2. The molecule has 0 fully saturated rings. The highest BCUT2D eigenvalue weighted by Crippen LogP contribution is 2.26. The summed E-state index contributed by atoms with van der Waals surface area (Å²) < 4.78 is 0.836. The summed E-state index contributed by atoms with van der Waals surface area (Å²) in [5, 5.41) is 6.61. The Morgan fingerprint density at radius 1 is 1.35 bits per heavy atom. The van der Waals surface area contributed by atoms with Crippen LogP contribution in [0.3, 0.4) is 0 Å². The molecule has 0 atom stereocenters. The van der Waals surface area contributed by atoms with Crippen molar-refractivity contribution in [2.45, 2.75) is 39.4 Å². The van der Waals surface area contributed by atoms with Gasteiger partial charge in [-0.3, -0.25) is 0 Å². The quantitative estimate of drug-likeness (QED) is 0.882. The fourth-order valence-electron chi connectivity index (χ4n) is 1.65. The van der Waals surface area contributed by atoms with Crippen LogP contribution in [0.2, 0.25) is 4.34 Å². The molecule has 3 nitrogen and oxygen atoms in total. The van der Waals surface area contributed by atoms with Gasteiger partial charge in [-0.25, -0.2) is 4.98 Å². The maximum atomic E-state index is 5.96. The Balaban J connectivity index is 1.94. The molecule has 0 aliphatic rings. The van der Waals surface area contributed by atoms with Gasteiger partial charge in [0.15, 0.2) is 5.13 Å². The molecule has 2 rings (SSSR count). The molecule has 0 saturated heterocycles. The Bertz CT molecular complexity index is 557. The Morgan fingerprint density at radius 2 is 2.10 bits per heavy atom. The van der Waals surface area contributed by atoms with Crippen molar-refractivity contribution in [1.29, 1.82) is 0 Å². The van der Waals surface area contributed by atoms with Crippen LogP contribution in [0.5, 0.6) is 0 Å². The second-order valence-electron chi connectivity index (χ2n) is 5.79. The first-order valence-electron chi connectivity index (χ1n) is 6.48. The van der Waals surface area contributed by atoms with Crippen LogP contribution >= 0.6 is 34.3 Å². The zero-order valence-electron chi connectivity index (χ0n) is 12.2. The summed E-state index contributed by atoms with van der Waals surface area (Å²) >= 11 is 9.26. The van der Waals surface area contributed by atoms with E-state index in [2.05, 4.69) is 54.5 Å². The number of thiazole rings is 1. The van der Waals surface area contributed by atoms with E-state index in [9.17, 15) is 0 Å². The molecular weight excluding hydrogens is 310 g/mol. The molecule has 0 saturated carbocycles. The van der Waals surface area contributed by atoms with Crippen LogP contribution in [0.1, 0.15) is 31.3 Å². The molecule has 1 N–H and O–H groups in total. The fraction of sp³-hybridized carbons (Fsp3) is 0.500. The Labute approximate surface area is 133 Å². The maximum Gasteiger partial charge on any atom is 0.185 e.